The summed E-state index contributed by atoms with van der Waals surface area (Å²) in [5.74, 6) is 0. The second-order valence-electron chi connectivity index (χ2n) is 9.23. The Kier molecular flexibility index (Phi) is 4.65. The fraction of sp³-hybridized carbons (Fsp3) is 0. The Labute approximate surface area is 210 Å². The van der Waals surface area contributed by atoms with E-state index < -0.39 is 0 Å². The number of hydrogen-bond donors (Lipinski definition) is 1. The molecule has 0 radical (unpaired) electrons. The smallest absolute Gasteiger partial charge is 0.0541 e. The fourth-order valence-electron chi connectivity index (χ4n) is 5.45. The van der Waals surface area contributed by atoms with Gasteiger partial charge < -0.3 is 9.88 Å². The van der Waals surface area contributed by atoms with Crippen LogP contribution < -0.4 is 5.32 Å². The zero-order chi connectivity index (χ0) is 24.1. The van der Waals surface area contributed by atoms with Gasteiger partial charge in [0.05, 0.1) is 11.0 Å². The lowest BCUT2D eigenvalue weighted by atomic mass is 9.93. The molecule has 1 N–H and O–H groups in total. The van der Waals surface area contributed by atoms with Gasteiger partial charge in [0.1, 0.15) is 0 Å². The number of hydrogen-bond acceptors (Lipinski definition) is 1. The Morgan fingerprint density at radius 3 is 2.28 bits per heavy atom. The van der Waals surface area contributed by atoms with E-state index in [2.05, 4.69) is 138 Å². The third-order valence-electron chi connectivity index (χ3n) is 7.10. The highest BCUT2D eigenvalue weighted by atomic mass is 15.0. The third kappa shape index (κ3) is 3.19. The maximum absolute atomic E-state index is 4.48. The van der Waals surface area contributed by atoms with E-state index in [1.807, 2.05) is 6.20 Å². The lowest BCUT2D eigenvalue weighted by Crippen LogP contribution is -1.98. The van der Waals surface area contributed by atoms with E-state index in [1.54, 1.807) is 0 Å². The van der Waals surface area contributed by atoms with Crippen molar-refractivity contribution in [1.82, 2.24) is 4.57 Å². The van der Waals surface area contributed by atoms with Gasteiger partial charge in [0.15, 0.2) is 0 Å². The number of benzene rings is 5. The molecule has 0 unspecified atom stereocenters. The molecule has 0 bridgehead atoms. The van der Waals surface area contributed by atoms with Gasteiger partial charge in [-0.05, 0) is 76.0 Å². The van der Waals surface area contributed by atoms with Gasteiger partial charge in [0, 0.05) is 33.9 Å². The van der Waals surface area contributed by atoms with Crippen molar-refractivity contribution in [3.05, 3.63) is 145 Å². The topological polar surface area (TPSA) is 17.0 Å². The minimum atomic E-state index is 1.00. The van der Waals surface area contributed by atoms with Crippen LogP contribution in [0, 0.1) is 0 Å². The monoisotopic (exact) mass is 460 g/mol. The first kappa shape index (κ1) is 20.5. The number of nitrogens with one attached hydrogen (secondary N) is 1. The van der Waals surface area contributed by atoms with Crippen LogP contribution in [0.25, 0.3) is 49.4 Å². The summed E-state index contributed by atoms with van der Waals surface area (Å²) in [6.45, 7) is 4.48. The van der Waals surface area contributed by atoms with Gasteiger partial charge in [-0.25, -0.2) is 0 Å². The van der Waals surface area contributed by atoms with Gasteiger partial charge in [0.2, 0.25) is 0 Å². The molecule has 0 saturated carbocycles. The van der Waals surface area contributed by atoms with Crippen LogP contribution in [-0.2, 0) is 0 Å². The van der Waals surface area contributed by atoms with E-state index in [1.165, 1.54) is 43.8 Å². The number of para-hydroxylation sites is 2. The molecule has 170 valence electrons. The fourth-order valence-corrected chi connectivity index (χ4v) is 5.45. The number of nitrogens with zero attached hydrogens (tertiary/aromatic N) is 1. The third-order valence-corrected chi connectivity index (χ3v) is 7.10. The second-order valence-corrected chi connectivity index (χ2v) is 9.23. The molecule has 2 heteroatoms. The summed E-state index contributed by atoms with van der Waals surface area (Å²) in [4.78, 5) is 0. The average Bonchev–Trinajstić information content (AvgIpc) is 3.25. The molecule has 0 fully saturated rings. The largest absolute Gasteiger partial charge is 0.361 e. The number of fused-ring (bicyclic) bond motifs is 6. The molecule has 36 heavy (non-hydrogen) atoms. The highest BCUT2D eigenvalue weighted by Gasteiger charge is 2.15. The number of allylic oxidation sites excluding steroid dienone is 4. The summed E-state index contributed by atoms with van der Waals surface area (Å²) in [6, 6.07) is 38.8. The van der Waals surface area contributed by atoms with E-state index in [0.717, 1.165) is 22.4 Å². The predicted octanol–water partition coefficient (Wildman–Crippen LogP) is 8.97. The van der Waals surface area contributed by atoms with Crippen LogP contribution in [0.15, 0.2) is 134 Å². The lowest BCUT2D eigenvalue weighted by Gasteiger charge is -2.17. The molecule has 0 spiro atoms. The van der Waals surface area contributed by atoms with Gasteiger partial charge in [-0.15, -0.1) is 0 Å². The maximum Gasteiger partial charge on any atom is 0.0541 e. The summed E-state index contributed by atoms with van der Waals surface area (Å²) in [5.41, 5.74) is 9.11. The molecular formula is C34H24N2. The summed E-state index contributed by atoms with van der Waals surface area (Å²) in [6.07, 6.45) is 6.38. The number of aromatic nitrogens is 1. The van der Waals surface area contributed by atoms with Crippen LogP contribution in [-0.4, -0.2) is 4.57 Å². The standard InChI is InChI=1S/C34H24N2/c1-23-21-26(19-20-35-31-17-15-24-9-5-6-12-28(24)34(23)31)25-16-18-33-30(22-25)29-13-7-8-14-32(29)36(33)27-10-3-2-4-11-27/h2-22,35H,1H2/b20-19-,26-21+. The van der Waals surface area contributed by atoms with Crippen molar-refractivity contribution in [3.8, 4) is 5.69 Å². The van der Waals surface area contributed by atoms with Gasteiger partial charge in [0.25, 0.3) is 0 Å². The van der Waals surface area contributed by atoms with Crippen molar-refractivity contribution in [2.45, 2.75) is 0 Å². The summed E-state index contributed by atoms with van der Waals surface area (Å²) in [5, 5.41) is 8.41. The van der Waals surface area contributed by atoms with Gasteiger partial charge in [-0.2, -0.15) is 0 Å². The van der Waals surface area contributed by atoms with E-state index in [0.29, 0.717) is 0 Å². The van der Waals surface area contributed by atoms with Gasteiger partial charge in [-0.1, -0.05) is 79.4 Å². The minimum Gasteiger partial charge on any atom is -0.361 e. The zero-order valence-electron chi connectivity index (χ0n) is 19.8. The van der Waals surface area contributed by atoms with Crippen LogP contribution in [0.1, 0.15) is 11.1 Å². The predicted molar refractivity (Wildman–Crippen MR) is 155 cm³/mol. The van der Waals surface area contributed by atoms with Crippen LogP contribution in [0.2, 0.25) is 0 Å². The Bertz CT molecular complexity index is 1870. The zero-order valence-corrected chi connectivity index (χ0v) is 19.8. The van der Waals surface area contributed by atoms with Crippen LogP contribution in [0.4, 0.5) is 5.69 Å². The molecule has 1 aliphatic rings. The molecule has 0 amide bonds. The Morgan fingerprint density at radius 1 is 0.639 bits per heavy atom. The molecule has 0 saturated heterocycles. The molecule has 5 aromatic carbocycles. The highest BCUT2D eigenvalue weighted by molar-refractivity contribution is 6.11. The highest BCUT2D eigenvalue weighted by Crippen LogP contribution is 2.37. The van der Waals surface area contributed by atoms with E-state index in [4.69, 9.17) is 0 Å². The SMILES string of the molecule is C=C1/C=C(c2ccc3c(c2)c2ccccc2n3-c2ccccc2)\C=C/Nc2ccc3ccccc3c21. The maximum atomic E-state index is 4.48. The summed E-state index contributed by atoms with van der Waals surface area (Å²) in [7, 11) is 0. The van der Waals surface area contributed by atoms with Crippen LogP contribution >= 0.6 is 0 Å². The van der Waals surface area contributed by atoms with E-state index in [-0.39, 0.29) is 0 Å². The molecule has 2 nitrogen and oxygen atoms in total. The lowest BCUT2D eigenvalue weighted by molar-refractivity contribution is 1.18. The molecule has 7 rings (SSSR count). The molecular weight excluding hydrogens is 436 g/mol. The van der Waals surface area contributed by atoms with Gasteiger partial charge in [-0.3, -0.25) is 0 Å². The summed E-state index contributed by atoms with van der Waals surface area (Å²) >= 11 is 0. The first-order valence-corrected chi connectivity index (χ1v) is 12.2. The first-order chi connectivity index (χ1) is 17.8. The number of anilines is 1. The Balaban J connectivity index is 1.41. The minimum absolute atomic E-state index is 1.00. The Morgan fingerprint density at radius 2 is 1.39 bits per heavy atom. The van der Waals surface area contributed by atoms with Crippen molar-refractivity contribution in [1.29, 1.82) is 0 Å². The van der Waals surface area contributed by atoms with Crippen molar-refractivity contribution in [2.24, 2.45) is 0 Å². The van der Waals surface area contributed by atoms with Crippen LogP contribution in [0.5, 0.6) is 0 Å². The molecule has 1 aromatic heterocycles. The molecule has 2 heterocycles. The normalized spacial score (nSPS) is 15.7. The second kappa shape index (κ2) is 8.14. The molecule has 0 aliphatic carbocycles. The molecule has 1 aliphatic heterocycles. The molecule has 0 atom stereocenters. The van der Waals surface area contributed by atoms with Crippen LogP contribution in [0.3, 0.4) is 0 Å². The van der Waals surface area contributed by atoms with Crippen molar-refractivity contribution < 1.29 is 0 Å². The van der Waals surface area contributed by atoms with E-state index >= 15 is 0 Å². The molecule has 6 aromatic rings. The summed E-state index contributed by atoms with van der Waals surface area (Å²) < 4.78 is 2.35. The van der Waals surface area contributed by atoms with Crippen molar-refractivity contribution >= 4 is 49.4 Å². The van der Waals surface area contributed by atoms with Gasteiger partial charge >= 0.3 is 0 Å². The number of rotatable bonds is 2. The Hall–Kier alpha value is -4.82. The van der Waals surface area contributed by atoms with E-state index in [9.17, 15) is 0 Å². The quantitative estimate of drug-likeness (QED) is 0.273. The first-order valence-electron chi connectivity index (χ1n) is 12.2. The van der Waals surface area contributed by atoms with Crippen molar-refractivity contribution in [3.63, 3.8) is 0 Å². The average molecular weight is 461 g/mol. The van der Waals surface area contributed by atoms with Crippen molar-refractivity contribution in [2.75, 3.05) is 5.32 Å².